The SMILES string of the molecule is CCC(CC)(CN)C(=O)Nc1nnc(C)o1. The lowest BCUT2D eigenvalue weighted by Gasteiger charge is -2.27. The Kier molecular flexibility index (Phi) is 4.00. The van der Waals surface area contributed by atoms with Crippen LogP contribution in [-0.2, 0) is 4.79 Å². The topological polar surface area (TPSA) is 94.0 Å². The van der Waals surface area contributed by atoms with E-state index >= 15 is 0 Å². The molecule has 0 aliphatic rings. The average molecular weight is 226 g/mol. The van der Waals surface area contributed by atoms with Gasteiger partial charge in [-0.05, 0) is 12.8 Å². The molecule has 0 fully saturated rings. The number of aryl methyl sites for hydroxylation is 1. The lowest BCUT2D eigenvalue weighted by atomic mass is 9.81. The normalized spacial score (nSPS) is 11.5. The highest BCUT2D eigenvalue weighted by Crippen LogP contribution is 2.26. The summed E-state index contributed by atoms with van der Waals surface area (Å²) in [5.41, 5.74) is 5.11. The van der Waals surface area contributed by atoms with Crippen molar-refractivity contribution in [1.82, 2.24) is 10.2 Å². The van der Waals surface area contributed by atoms with Crippen molar-refractivity contribution in [2.45, 2.75) is 33.6 Å². The highest BCUT2D eigenvalue weighted by Gasteiger charge is 2.34. The van der Waals surface area contributed by atoms with E-state index in [2.05, 4.69) is 15.5 Å². The monoisotopic (exact) mass is 226 g/mol. The van der Waals surface area contributed by atoms with E-state index in [0.29, 0.717) is 25.3 Å². The molecule has 0 radical (unpaired) electrons. The molecule has 0 atom stereocenters. The van der Waals surface area contributed by atoms with Gasteiger partial charge in [0.2, 0.25) is 11.8 Å². The van der Waals surface area contributed by atoms with Crippen LogP contribution >= 0.6 is 0 Å². The van der Waals surface area contributed by atoms with E-state index in [1.54, 1.807) is 6.92 Å². The van der Waals surface area contributed by atoms with Crippen molar-refractivity contribution in [2.75, 3.05) is 11.9 Å². The molecule has 1 heterocycles. The van der Waals surface area contributed by atoms with Crippen LogP contribution in [0.15, 0.2) is 4.42 Å². The van der Waals surface area contributed by atoms with Gasteiger partial charge in [-0.25, -0.2) is 0 Å². The summed E-state index contributed by atoms with van der Waals surface area (Å²) in [5, 5.41) is 9.95. The molecule has 0 aliphatic carbocycles. The van der Waals surface area contributed by atoms with Gasteiger partial charge in [0.15, 0.2) is 0 Å². The van der Waals surface area contributed by atoms with Crippen LogP contribution in [0, 0.1) is 12.3 Å². The first kappa shape index (κ1) is 12.6. The Hall–Kier alpha value is -1.43. The second kappa shape index (κ2) is 5.07. The van der Waals surface area contributed by atoms with Gasteiger partial charge >= 0.3 is 6.01 Å². The molecule has 0 aliphatic heterocycles. The van der Waals surface area contributed by atoms with E-state index < -0.39 is 5.41 Å². The number of carbonyl (C=O) groups excluding carboxylic acids is 1. The van der Waals surface area contributed by atoms with Crippen molar-refractivity contribution in [3.63, 3.8) is 0 Å². The fourth-order valence-corrected chi connectivity index (χ4v) is 1.53. The Morgan fingerprint density at radius 3 is 2.44 bits per heavy atom. The maximum Gasteiger partial charge on any atom is 0.322 e. The number of anilines is 1. The van der Waals surface area contributed by atoms with Gasteiger partial charge < -0.3 is 10.2 Å². The first-order chi connectivity index (χ1) is 7.57. The highest BCUT2D eigenvalue weighted by atomic mass is 16.4. The van der Waals surface area contributed by atoms with Gasteiger partial charge in [0.1, 0.15) is 0 Å². The number of rotatable bonds is 5. The van der Waals surface area contributed by atoms with Gasteiger partial charge in [0.25, 0.3) is 0 Å². The second-order valence-corrected chi connectivity index (χ2v) is 3.77. The number of nitrogens with one attached hydrogen (secondary N) is 1. The molecule has 0 unspecified atom stereocenters. The fourth-order valence-electron chi connectivity index (χ4n) is 1.53. The number of hydrogen-bond donors (Lipinski definition) is 2. The number of nitrogens with two attached hydrogens (primary N) is 1. The summed E-state index contributed by atoms with van der Waals surface area (Å²) in [6.07, 6.45) is 1.36. The van der Waals surface area contributed by atoms with Crippen molar-refractivity contribution in [1.29, 1.82) is 0 Å². The van der Waals surface area contributed by atoms with Gasteiger partial charge in [-0.2, -0.15) is 0 Å². The molecule has 6 heteroatoms. The van der Waals surface area contributed by atoms with Crippen LogP contribution in [0.3, 0.4) is 0 Å². The first-order valence-corrected chi connectivity index (χ1v) is 5.39. The summed E-state index contributed by atoms with van der Waals surface area (Å²) < 4.78 is 5.09. The molecule has 3 N–H and O–H groups in total. The zero-order valence-corrected chi connectivity index (χ0v) is 9.91. The molecule has 1 rings (SSSR count). The minimum Gasteiger partial charge on any atom is -0.408 e. The number of hydrogen-bond acceptors (Lipinski definition) is 5. The molecule has 0 aromatic carbocycles. The van der Waals surface area contributed by atoms with Crippen molar-refractivity contribution >= 4 is 11.9 Å². The van der Waals surface area contributed by atoms with Crippen LogP contribution in [0.4, 0.5) is 6.01 Å². The molecule has 16 heavy (non-hydrogen) atoms. The van der Waals surface area contributed by atoms with Crippen molar-refractivity contribution < 1.29 is 9.21 Å². The summed E-state index contributed by atoms with van der Waals surface area (Å²) in [6, 6.07) is 0.127. The zero-order chi connectivity index (χ0) is 12.2. The van der Waals surface area contributed by atoms with Gasteiger partial charge in [-0.3, -0.25) is 10.1 Å². The van der Waals surface area contributed by atoms with Crippen LogP contribution in [0.1, 0.15) is 32.6 Å². The Bertz CT molecular complexity index is 349. The minimum atomic E-state index is -0.553. The molecule has 1 amide bonds. The predicted octanol–water partition coefficient (Wildman–Crippen LogP) is 1.08. The Morgan fingerprint density at radius 2 is 2.06 bits per heavy atom. The first-order valence-electron chi connectivity index (χ1n) is 5.39. The van der Waals surface area contributed by atoms with Crippen molar-refractivity contribution in [2.24, 2.45) is 11.1 Å². The Labute approximate surface area is 94.6 Å². The van der Waals surface area contributed by atoms with Crippen molar-refractivity contribution in [3.8, 4) is 0 Å². The van der Waals surface area contributed by atoms with E-state index in [1.807, 2.05) is 13.8 Å². The summed E-state index contributed by atoms with van der Waals surface area (Å²) in [4.78, 5) is 12.0. The van der Waals surface area contributed by atoms with E-state index in [-0.39, 0.29) is 11.9 Å². The van der Waals surface area contributed by atoms with Crippen LogP contribution in [0.25, 0.3) is 0 Å². The fraction of sp³-hybridized carbons (Fsp3) is 0.700. The standard InChI is InChI=1S/C10H18N4O2/c1-4-10(5-2,6-11)8(15)12-9-14-13-7(3)16-9/h4-6,11H2,1-3H3,(H,12,14,15). The lowest BCUT2D eigenvalue weighted by Crippen LogP contribution is -2.41. The van der Waals surface area contributed by atoms with Gasteiger partial charge in [0.05, 0.1) is 5.41 Å². The Balaban J connectivity index is 2.77. The highest BCUT2D eigenvalue weighted by molar-refractivity contribution is 5.93. The molecule has 90 valence electrons. The largest absolute Gasteiger partial charge is 0.408 e. The molecular weight excluding hydrogens is 208 g/mol. The van der Waals surface area contributed by atoms with E-state index in [4.69, 9.17) is 10.2 Å². The van der Waals surface area contributed by atoms with E-state index in [9.17, 15) is 4.79 Å². The third-order valence-corrected chi connectivity index (χ3v) is 2.97. The van der Waals surface area contributed by atoms with Gasteiger partial charge in [0, 0.05) is 13.5 Å². The molecule has 0 saturated carbocycles. The lowest BCUT2D eigenvalue weighted by molar-refractivity contribution is -0.125. The smallest absolute Gasteiger partial charge is 0.322 e. The zero-order valence-electron chi connectivity index (χ0n) is 9.91. The summed E-state index contributed by atoms with van der Waals surface area (Å²) in [5.74, 6) is 0.255. The van der Waals surface area contributed by atoms with Crippen LogP contribution in [0.5, 0.6) is 0 Å². The minimum absolute atomic E-state index is 0.127. The van der Waals surface area contributed by atoms with Gasteiger partial charge in [-0.15, -0.1) is 5.10 Å². The molecule has 6 nitrogen and oxygen atoms in total. The number of aromatic nitrogens is 2. The maximum absolute atomic E-state index is 12.0. The van der Waals surface area contributed by atoms with Crippen LogP contribution in [0.2, 0.25) is 0 Å². The predicted molar refractivity (Wildman–Crippen MR) is 59.7 cm³/mol. The summed E-state index contributed by atoms with van der Waals surface area (Å²) in [7, 11) is 0. The quantitative estimate of drug-likeness (QED) is 0.783. The number of amides is 1. The molecule has 0 spiro atoms. The van der Waals surface area contributed by atoms with E-state index in [0.717, 1.165) is 0 Å². The molecule has 1 aromatic heterocycles. The van der Waals surface area contributed by atoms with Crippen molar-refractivity contribution in [3.05, 3.63) is 5.89 Å². The third-order valence-electron chi connectivity index (χ3n) is 2.97. The molecule has 0 saturated heterocycles. The van der Waals surface area contributed by atoms with Gasteiger partial charge in [-0.1, -0.05) is 18.9 Å². The molecule has 1 aromatic rings. The molecular formula is C10H18N4O2. The summed E-state index contributed by atoms with van der Waals surface area (Å²) in [6.45, 7) is 5.85. The number of nitrogens with zero attached hydrogens (tertiary/aromatic N) is 2. The molecule has 0 bridgehead atoms. The average Bonchev–Trinajstić information content (AvgIpc) is 2.67. The summed E-state index contributed by atoms with van der Waals surface area (Å²) >= 11 is 0. The maximum atomic E-state index is 12.0. The second-order valence-electron chi connectivity index (χ2n) is 3.77. The van der Waals surface area contributed by atoms with Crippen LogP contribution < -0.4 is 11.1 Å². The van der Waals surface area contributed by atoms with E-state index in [1.165, 1.54) is 0 Å². The Morgan fingerprint density at radius 1 is 1.44 bits per heavy atom. The number of carbonyl (C=O) groups is 1. The third kappa shape index (κ3) is 2.38. The van der Waals surface area contributed by atoms with Crippen LogP contribution in [-0.4, -0.2) is 22.6 Å².